The maximum atomic E-state index is 11.9. The van der Waals surface area contributed by atoms with Gasteiger partial charge in [0.05, 0.1) is 0 Å². The zero-order valence-electron chi connectivity index (χ0n) is 14.9. The lowest BCUT2D eigenvalue weighted by molar-refractivity contribution is -0.117. The third kappa shape index (κ3) is 2.29. The molecule has 0 heterocycles. The molecule has 0 unspecified atom stereocenters. The largest absolute Gasteiger partial charge is 0.295 e. The van der Waals surface area contributed by atoms with Crippen LogP contribution in [0.25, 0.3) is 0 Å². The molecule has 3 saturated carbocycles. The predicted molar refractivity (Wildman–Crippen MR) is 95.1 cm³/mol. The van der Waals surface area contributed by atoms with Gasteiger partial charge in [-0.3, -0.25) is 4.79 Å². The van der Waals surface area contributed by atoms with E-state index in [1.807, 2.05) is 6.08 Å². The van der Waals surface area contributed by atoms with Crippen molar-refractivity contribution < 1.29 is 4.79 Å². The Bertz CT molecular complexity index is 556. The molecule has 4 aliphatic rings. The van der Waals surface area contributed by atoms with Crippen molar-refractivity contribution in [2.45, 2.75) is 78.1 Å². The van der Waals surface area contributed by atoms with E-state index in [1.54, 1.807) is 0 Å². The van der Waals surface area contributed by atoms with Gasteiger partial charge in [-0.05, 0) is 93.0 Å². The highest BCUT2D eigenvalue weighted by Gasteiger charge is 2.57. The molecule has 4 rings (SSSR count). The molecule has 0 aliphatic heterocycles. The Labute approximate surface area is 141 Å². The first-order chi connectivity index (χ1) is 11.1. The van der Waals surface area contributed by atoms with Gasteiger partial charge in [0.1, 0.15) is 0 Å². The van der Waals surface area contributed by atoms with Gasteiger partial charge in [0.15, 0.2) is 5.78 Å². The number of allylic oxidation sites excluding steroid dienone is 3. The fourth-order valence-corrected chi connectivity index (χ4v) is 7.06. The Kier molecular flexibility index (Phi) is 3.82. The molecule has 0 spiro atoms. The molecular formula is C22H32O. The Morgan fingerprint density at radius 3 is 2.83 bits per heavy atom. The molecule has 0 bridgehead atoms. The van der Waals surface area contributed by atoms with Crippen molar-refractivity contribution in [2.24, 2.45) is 28.6 Å². The van der Waals surface area contributed by atoms with Crippen LogP contribution in [0.1, 0.15) is 78.1 Å². The molecule has 0 N–H and O–H groups in total. The van der Waals surface area contributed by atoms with Crippen LogP contribution < -0.4 is 0 Å². The first kappa shape index (κ1) is 15.7. The van der Waals surface area contributed by atoms with Crippen LogP contribution in [0.15, 0.2) is 23.8 Å². The van der Waals surface area contributed by atoms with Gasteiger partial charge < -0.3 is 0 Å². The molecule has 3 fully saturated rings. The number of ketones is 1. The number of rotatable bonds is 2. The maximum Gasteiger partial charge on any atom is 0.155 e. The van der Waals surface area contributed by atoms with E-state index >= 15 is 0 Å². The second kappa shape index (κ2) is 5.60. The molecule has 0 radical (unpaired) electrons. The molecule has 4 aliphatic carbocycles. The van der Waals surface area contributed by atoms with Gasteiger partial charge in [-0.15, -0.1) is 0 Å². The van der Waals surface area contributed by atoms with E-state index in [-0.39, 0.29) is 0 Å². The highest BCUT2D eigenvalue weighted by Crippen LogP contribution is 2.66. The monoisotopic (exact) mass is 312 g/mol. The number of hydrogen-bond acceptors (Lipinski definition) is 1. The van der Waals surface area contributed by atoms with Crippen LogP contribution in [0, 0.1) is 28.6 Å². The van der Waals surface area contributed by atoms with Crippen LogP contribution in [0.3, 0.4) is 0 Å². The van der Waals surface area contributed by atoms with Crippen LogP contribution in [0.4, 0.5) is 0 Å². The third-order valence-corrected chi connectivity index (χ3v) is 8.25. The van der Waals surface area contributed by atoms with Gasteiger partial charge in [0.2, 0.25) is 0 Å². The SMILES string of the molecule is CC=CC[C@@]12CCC[C@H]1[C@@H]1CCC3=CC(=O)CC[C@]3(C)[C@H]1CC2. The van der Waals surface area contributed by atoms with Crippen LogP contribution in [0.2, 0.25) is 0 Å². The average molecular weight is 312 g/mol. The lowest BCUT2D eigenvalue weighted by Crippen LogP contribution is -2.49. The Balaban J connectivity index is 1.64. The molecule has 0 aromatic heterocycles. The van der Waals surface area contributed by atoms with Crippen molar-refractivity contribution in [3.05, 3.63) is 23.8 Å². The number of fused-ring (bicyclic) bond motifs is 5. The second-order valence-corrected chi connectivity index (χ2v) is 9.04. The van der Waals surface area contributed by atoms with Gasteiger partial charge in [0.25, 0.3) is 0 Å². The molecule has 0 aromatic rings. The fraction of sp³-hybridized carbons (Fsp3) is 0.773. The summed E-state index contributed by atoms with van der Waals surface area (Å²) in [6.07, 6.45) is 19.7. The van der Waals surface area contributed by atoms with E-state index < -0.39 is 0 Å². The second-order valence-electron chi connectivity index (χ2n) is 9.04. The zero-order chi connectivity index (χ0) is 16.1. The minimum atomic E-state index is 0.339. The lowest BCUT2D eigenvalue weighted by Gasteiger charge is -2.58. The van der Waals surface area contributed by atoms with Crippen molar-refractivity contribution in [1.82, 2.24) is 0 Å². The summed E-state index contributed by atoms with van der Waals surface area (Å²) in [5.41, 5.74) is 2.47. The molecule has 126 valence electrons. The summed E-state index contributed by atoms with van der Waals surface area (Å²) in [7, 11) is 0. The smallest absolute Gasteiger partial charge is 0.155 e. The fourth-order valence-electron chi connectivity index (χ4n) is 7.06. The summed E-state index contributed by atoms with van der Waals surface area (Å²) in [6, 6.07) is 0. The molecular weight excluding hydrogens is 280 g/mol. The summed E-state index contributed by atoms with van der Waals surface area (Å²) in [5.74, 6) is 3.10. The summed E-state index contributed by atoms with van der Waals surface area (Å²) in [4.78, 5) is 11.9. The molecule has 1 heteroatoms. The van der Waals surface area contributed by atoms with E-state index in [0.717, 1.165) is 30.6 Å². The molecule has 5 atom stereocenters. The molecule has 0 amide bonds. The van der Waals surface area contributed by atoms with E-state index in [2.05, 4.69) is 26.0 Å². The summed E-state index contributed by atoms with van der Waals surface area (Å²) in [6.45, 7) is 4.67. The summed E-state index contributed by atoms with van der Waals surface area (Å²) < 4.78 is 0. The van der Waals surface area contributed by atoms with E-state index in [0.29, 0.717) is 16.6 Å². The maximum absolute atomic E-state index is 11.9. The minimum Gasteiger partial charge on any atom is -0.295 e. The van der Waals surface area contributed by atoms with Gasteiger partial charge in [-0.1, -0.05) is 31.1 Å². The molecule has 0 aromatic carbocycles. The highest BCUT2D eigenvalue weighted by atomic mass is 16.1. The number of carbonyl (C=O) groups excluding carboxylic acids is 1. The van der Waals surface area contributed by atoms with Gasteiger partial charge in [0, 0.05) is 6.42 Å². The van der Waals surface area contributed by atoms with Gasteiger partial charge >= 0.3 is 0 Å². The van der Waals surface area contributed by atoms with Crippen LogP contribution in [-0.4, -0.2) is 5.78 Å². The van der Waals surface area contributed by atoms with E-state index in [4.69, 9.17) is 0 Å². The molecule has 23 heavy (non-hydrogen) atoms. The Morgan fingerprint density at radius 2 is 2.00 bits per heavy atom. The third-order valence-electron chi connectivity index (χ3n) is 8.25. The number of hydrogen-bond donors (Lipinski definition) is 0. The summed E-state index contributed by atoms with van der Waals surface area (Å²) in [5, 5.41) is 0. The van der Waals surface area contributed by atoms with Crippen LogP contribution in [-0.2, 0) is 4.79 Å². The quantitative estimate of drug-likeness (QED) is 0.584. The lowest BCUT2D eigenvalue weighted by atomic mass is 9.47. The van der Waals surface area contributed by atoms with Crippen molar-refractivity contribution in [3.63, 3.8) is 0 Å². The topological polar surface area (TPSA) is 17.1 Å². The number of carbonyl (C=O) groups is 1. The predicted octanol–water partition coefficient (Wildman–Crippen LogP) is 5.85. The van der Waals surface area contributed by atoms with Crippen molar-refractivity contribution >= 4 is 5.78 Å². The normalized spacial score (nSPS) is 46.3. The zero-order valence-corrected chi connectivity index (χ0v) is 14.9. The van der Waals surface area contributed by atoms with Crippen molar-refractivity contribution in [1.29, 1.82) is 0 Å². The minimum absolute atomic E-state index is 0.339. The van der Waals surface area contributed by atoms with Gasteiger partial charge in [-0.25, -0.2) is 0 Å². The van der Waals surface area contributed by atoms with E-state index in [1.165, 1.54) is 56.9 Å². The van der Waals surface area contributed by atoms with E-state index in [9.17, 15) is 4.79 Å². The van der Waals surface area contributed by atoms with Crippen molar-refractivity contribution in [3.8, 4) is 0 Å². The summed E-state index contributed by atoms with van der Waals surface area (Å²) >= 11 is 0. The first-order valence-electron chi connectivity index (χ1n) is 9.94. The Hall–Kier alpha value is -0.850. The van der Waals surface area contributed by atoms with Gasteiger partial charge in [-0.2, -0.15) is 0 Å². The van der Waals surface area contributed by atoms with Crippen LogP contribution >= 0.6 is 0 Å². The highest BCUT2D eigenvalue weighted by molar-refractivity contribution is 5.91. The average Bonchev–Trinajstić information content (AvgIpc) is 2.98. The van der Waals surface area contributed by atoms with Crippen LogP contribution in [0.5, 0.6) is 0 Å². The Morgan fingerprint density at radius 1 is 1.13 bits per heavy atom. The first-order valence-corrected chi connectivity index (χ1v) is 9.94. The molecule has 0 saturated heterocycles. The molecule has 1 nitrogen and oxygen atoms in total. The standard InChI is InChI=1S/C22H32O/c1-3-4-11-22-12-5-6-20(22)18-8-7-16-15-17(23)9-13-21(16,2)19(18)10-14-22/h3-4,15,18-20H,5-14H2,1-2H3/t18-,19+,20+,21+,22+/m1/s1. The van der Waals surface area contributed by atoms with Crippen molar-refractivity contribution in [2.75, 3.05) is 0 Å².